The Bertz CT molecular complexity index is 931. The molecule has 2 aromatic carbocycles. The number of ether oxygens (including phenoxy) is 3. The fourth-order valence-electron chi connectivity index (χ4n) is 3.91. The molecule has 0 unspecified atom stereocenters. The minimum absolute atomic E-state index is 0.110. The zero-order valence-corrected chi connectivity index (χ0v) is 18.8. The van der Waals surface area contributed by atoms with Crippen molar-refractivity contribution in [2.24, 2.45) is 0 Å². The summed E-state index contributed by atoms with van der Waals surface area (Å²) in [6.45, 7) is 6.06. The van der Waals surface area contributed by atoms with Crippen LogP contribution in [-0.4, -0.2) is 48.4 Å². The Labute approximate surface area is 188 Å². The zero-order chi connectivity index (χ0) is 23.1. The molecule has 0 bridgehead atoms. The van der Waals surface area contributed by atoms with Gasteiger partial charge in [0.2, 0.25) is 0 Å². The third-order valence-corrected chi connectivity index (χ3v) is 5.56. The number of aryl methyl sites for hydroxylation is 1. The SMILES string of the molecule is CCOC(=O)COc1ccc(F)c(CCCN2C(=O)OC(C)(C)[C@@H]2Cc2ccccc2)c1. The molecule has 2 aromatic rings. The summed E-state index contributed by atoms with van der Waals surface area (Å²) < 4.78 is 30.1. The Morgan fingerprint density at radius 1 is 1.19 bits per heavy atom. The normalized spacial score (nSPS) is 17.2. The highest BCUT2D eigenvalue weighted by Gasteiger charge is 2.47. The first-order chi connectivity index (χ1) is 15.3. The van der Waals surface area contributed by atoms with E-state index < -0.39 is 11.6 Å². The van der Waals surface area contributed by atoms with Crippen LogP contribution in [0.3, 0.4) is 0 Å². The highest BCUT2D eigenvalue weighted by Crippen LogP contribution is 2.32. The second kappa shape index (κ2) is 10.5. The number of hydrogen-bond acceptors (Lipinski definition) is 5. The predicted octanol–water partition coefficient (Wildman–Crippen LogP) is 4.54. The molecule has 32 heavy (non-hydrogen) atoms. The van der Waals surface area contributed by atoms with Crippen molar-refractivity contribution >= 4 is 12.1 Å². The van der Waals surface area contributed by atoms with Gasteiger partial charge in [-0.25, -0.2) is 14.0 Å². The molecule has 0 radical (unpaired) electrons. The van der Waals surface area contributed by atoms with E-state index in [0.29, 0.717) is 37.1 Å². The van der Waals surface area contributed by atoms with Gasteiger partial charge in [0.25, 0.3) is 0 Å². The molecule has 1 atom stereocenters. The summed E-state index contributed by atoms with van der Waals surface area (Å²) in [5.41, 5.74) is 0.989. The minimum Gasteiger partial charge on any atom is -0.482 e. The lowest BCUT2D eigenvalue weighted by Gasteiger charge is -2.29. The van der Waals surface area contributed by atoms with E-state index in [4.69, 9.17) is 14.2 Å². The number of halogens is 1. The van der Waals surface area contributed by atoms with E-state index >= 15 is 0 Å². The van der Waals surface area contributed by atoms with Crippen LogP contribution in [0.5, 0.6) is 5.75 Å². The molecule has 1 aliphatic rings. The molecule has 1 heterocycles. The molecule has 1 amide bonds. The molecule has 3 rings (SSSR count). The summed E-state index contributed by atoms with van der Waals surface area (Å²) in [6, 6.07) is 14.3. The van der Waals surface area contributed by atoms with Gasteiger partial charge in [0.05, 0.1) is 12.6 Å². The van der Waals surface area contributed by atoms with Crippen molar-refractivity contribution in [1.29, 1.82) is 0 Å². The summed E-state index contributed by atoms with van der Waals surface area (Å²) in [4.78, 5) is 25.7. The van der Waals surface area contributed by atoms with Crippen LogP contribution in [-0.2, 0) is 27.1 Å². The average molecular weight is 444 g/mol. The molecule has 0 N–H and O–H groups in total. The van der Waals surface area contributed by atoms with Gasteiger partial charge in [-0.1, -0.05) is 30.3 Å². The molecule has 6 nitrogen and oxygen atoms in total. The van der Waals surface area contributed by atoms with Crippen molar-refractivity contribution in [1.82, 2.24) is 4.90 Å². The molecule has 172 valence electrons. The smallest absolute Gasteiger partial charge is 0.410 e. The molecule has 7 heteroatoms. The number of hydrogen-bond donors (Lipinski definition) is 0. The number of rotatable bonds is 10. The number of amides is 1. The number of cyclic esters (lactones) is 1. The third kappa shape index (κ3) is 5.99. The van der Waals surface area contributed by atoms with E-state index in [0.717, 1.165) is 5.56 Å². The van der Waals surface area contributed by atoms with Crippen LogP contribution in [0.2, 0.25) is 0 Å². The van der Waals surface area contributed by atoms with Gasteiger partial charge < -0.3 is 19.1 Å². The summed E-state index contributed by atoms with van der Waals surface area (Å²) in [5.74, 6) is -0.422. The molecule has 1 aliphatic heterocycles. The highest BCUT2D eigenvalue weighted by atomic mass is 19.1. The van der Waals surface area contributed by atoms with Gasteiger partial charge in [0.1, 0.15) is 17.2 Å². The fourth-order valence-corrected chi connectivity index (χ4v) is 3.91. The monoisotopic (exact) mass is 443 g/mol. The van der Waals surface area contributed by atoms with Crippen molar-refractivity contribution in [2.45, 2.75) is 51.7 Å². The maximum absolute atomic E-state index is 14.3. The standard InChI is InChI=1S/C25H30FNO5/c1-4-30-23(28)17-31-20-12-13-21(26)19(16-20)11-8-14-27-22(25(2,3)32-24(27)29)15-18-9-6-5-7-10-18/h5-7,9-10,12-13,16,22H,4,8,11,14-15,17H2,1-3H3/t22-/m0/s1. The van der Waals surface area contributed by atoms with Gasteiger partial charge in [0.15, 0.2) is 6.61 Å². The van der Waals surface area contributed by atoms with Gasteiger partial charge in [0, 0.05) is 6.54 Å². The van der Waals surface area contributed by atoms with E-state index in [1.807, 2.05) is 44.2 Å². The van der Waals surface area contributed by atoms with Gasteiger partial charge in [-0.3, -0.25) is 0 Å². The summed E-state index contributed by atoms with van der Waals surface area (Å²) in [6.07, 6.45) is 1.33. The quantitative estimate of drug-likeness (QED) is 0.505. The number of benzene rings is 2. The number of carbonyl (C=O) groups is 2. The second-order valence-corrected chi connectivity index (χ2v) is 8.32. The zero-order valence-electron chi connectivity index (χ0n) is 18.8. The number of carbonyl (C=O) groups excluding carboxylic acids is 2. The first kappa shape index (κ1) is 23.6. The summed E-state index contributed by atoms with van der Waals surface area (Å²) >= 11 is 0. The van der Waals surface area contributed by atoms with Gasteiger partial charge in [-0.15, -0.1) is 0 Å². The third-order valence-electron chi connectivity index (χ3n) is 5.56. The lowest BCUT2D eigenvalue weighted by molar-refractivity contribution is -0.145. The van der Waals surface area contributed by atoms with Crippen LogP contribution < -0.4 is 4.74 Å². The van der Waals surface area contributed by atoms with Crippen LogP contribution in [0.4, 0.5) is 9.18 Å². The van der Waals surface area contributed by atoms with Crippen LogP contribution in [0.25, 0.3) is 0 Å². The molecular formula is C25H30FNO5. The van der Waals surface area contributed by atoms with E-state index in [1.165, 1.54) is 12.1 Å². The van der Waals surface area contributed by atoms with E-state index in [-0.39, 0.29) is 31.2 Å². The topological polar surface area (TPSA) is 65.1 Å². The van der Waals surface area contributed by atoms with Crippen LogP contribution >= 0.6 is 0 Å². The van der Waals surface area contributed by atoms with Crippen molar-refractivity contribution in [2.75, 3.05) is 19.8 Å². The largest absolute Gasteiger partial charge is 0.482 e. The van der Waals surface area contributed by atoms with Crippen LogP contribution in [0.1, 0.15) is 38.3 Å². The van der Waals surface area contributed by atoms with Crippen molar-refractivity contribution in [3.05, 3.63) is 65.5 Å². The summed E-state index contributed by atoms with van der Waals surface area (Å²) in [7, 11) is 0. The van der Waals surface area contributed by atoms with Crippen molar-refractivity contribution < 1.29 is 28.2 Å². The molecule has 1 saturated heterocycles. The Morgan fingerprint density at radius 2 is 1.94 bits per heavy atom. The Morgan fingerprint density at radius 3 is 2.66 bits per heavy atom. The molecule has 0 aromatic heterocycles. The Balaban J connectivity index is 1.61. The maximum atomic E-state index is 14.3. The van der Waals surface area contributed by atoms with E-state index in [1.54, 1.807) is 17.9 Å². The van der Waals surface area contributed by atoms with Crippen molar-refractivity contribution in [3.8, 4) is 5.75 Å². The Hall–Kier alpha value is -3.09. The molecule has 0 spiro atoms. The van der Waals surface area contributed by atoms with Crippen LogP contribution in [0.15, 0.2) is 48.5 Å². The minimum atomic E-state index is -0.612. The second-order valence-electron chi connectivity index (χ2n) is 8.32. The highest BCUT2D eigenvalue weighted by molar-refractivity contribution is 5.71. The van der Waals surface area contributed by atoms with Gasteiger partial charge in [-0.2, -0.15) is 0 Å². The van der Waals surface area contributed by atoms with Crippen molar-refractivity contribution in [3.63, 3.8) is 0 Å². The average Bonchev–Trinajstić information content (AvgIpc) is 2.97. The maximum Gasteiger partial charge on any atom is 0.410 e. The number of esters is 1. The lowest BCUT2D eigenvalue weighted by atomic mass is 9.92. The first-order valence-corrected chi connectivity index (χ1v) is 10.9. The van der Waals surface area contributed by atoms with Gasteiger partial charge >= 0.3 is 12.1 Å². The molecular weight excluding hydrogens is 413 g/mol. The Kier molecular flexibility index (Phi) is 7.72. The summed E-state index contributed by atoms with van der Waals surface area (Å²) in [5, 5.41) is 0. The molecule has 1 fully saturated rings. The molecule has 0 aliphatic carbocycles. The fraction of sp³-hybridized carbons (Fsp3) is 0.440. The van der Waals surface area contributed by atoms with Crippen LogP contribution in [0, 0.1) is 5.82 Å². The van der Waals surface area contributed by atoms with E-state index in [2.05, 4.69) is 0 Å². The first-order valence-electron chi connectivity index (χ1n) is 10.9. The number of nitrogens with zero attached hydrogens (tertiary/aromatic N) is 1. The van der Waals surface area contributed by atoms with E-state index in [9.17, 15) is 14.0 Å². The lowest BCUT2D eigenvalue weighted by Crippen LogP contribution is -2.43. The van der Waals surface area contributed by atoms with Gasteiger partial charge in [-0.05, 0) is 69.4 Å². The predicted molar refractivity (Wildman–Crippen MR) is 118 cm³/mol. The molecule has 0 saturated carbocycles.